The molecule has 3 rings (SSSR count). The molecule has 0 aliphatic carbocycles. The van der Waals surface area contributed by atoms with E-state index in [0.29, 0.717) is 17.5 Å². The van der Waals surface area contributed by atoms with E-state index in [1.807, 2.05) is 12.1 Å². The van der Waals surface area contributed by atoms with Crippen LogP contribution < -0.4 is 0 Å². The molecule has 144 valence electrons. The zero-order valence-electron chi connectivity index (χ0n) is 15.2. The largest absolute Gasteiger partial charge is 0.508 e. The number of phenolic OH excluding ortho intramolecular Hbond substituents is 1. The van der Waals surface area contributed by atoms with Gasteiger partial charge in [-0.25, -0.2) is 4.79 Å². The van der Waals surface area contributed by atoms with E-state index in [-0.39, 0.29) is 12.4 Å². The van der Waals surface area contributed by atoms with Gasteiger partial charge in [0.15, 0.2) is 11.7 Å². The van der Waals surface area contributed by atoms with Gasteiger partial charge in [0.25, 0.3) is 0 Å². The van der Waals surface area contributed by atoms with Crippen LogP contribution in [0.1, 0.15) is 16.7 Å². The quantitative estimate of drug-likeness (QED) is 0.560. The van der Waals surface area contributed by atoms with Gasteiger partial charge in [-0.2, -0.15) is 0 Å². The Kier molecular flexibility index (Phi) is 6.09. The van der Waals surface area contributed by atoms with Crippen LogP contribution in [0, 0.1) is 0 Å². The van der Waals surface area contributed by atoms with E-state index in [4.69, 9.17) is 4.74 Å². The number of carboxylic acid groups (broad SMARTS) is 1. The topological polar surface area (TPSA) is 87.0 Å². The Labute approximate surface area is 163 Å². The molecule has 3 aromatic rings. The van der Waals surface area contributed by atoms with Crippen molar-refractivity contribution in [3.63, 3.8) is 0 Å². The highest BCUT2D eigenvalue weighted by atomic mass is 16.5. The third kappa shape index (κ3) is 4.06. The van der Waals surface area contributed by atoms with Crippen LogP contribution in [0.2, 0.25) is 0 Å². The van der Waals surface area contributed by atoms with Crippen LogP contribution in [-0.2, 0) is 21.6 Å². The lowest BCUT2D eigenvalue weighted by Crippen LogP contribution is -2.48. The Hall–Kier alpha value is -3.15. The summed E-state index contributed by atoms with van der Waals surface area (Å²) in [5.74, 6) is -1.19. The summed E-state index contributed by atoms with van der Waals surface area (Å²) in [6.07, 6.45) is -1.30. The van der Waals surface area contributed by atoms with Crippen LogP contribution in [0.15, 0.2) is 84.9 Å². The number of rotatable bonds is 8. The molecule has 28 heavy (non-hydrogen) atoms. The van der Waals surface area contributed by atoms with Crippen molar-refractivity contribution in [2.75, 3.05) is 6.61 Å². The number of benzene rings is 3. The van der Waals surface area contributed by atoms with Crippen molar-refractivity contribution < 1.29 is 24.9 Å². The number of aliphatic hydroxyl groups is 1. The van der Waals surface area contributed by atoms with Gasteiger partial charge in [-0.3, -0.25) is 0 Å². The van der Waals surface area contributed by atoms with Gasteiger partial charge >= 0.3 is 5.97 Å². The highest BCUT2D eigenvalue weighted by molar-refractivity contribution is 5.75. The third-order valence-electron chi connectivity index (χ3n) is 4.68. The van der Waals surface area contributed by atoms with Crippen LogP contribution in [-0.4, -0.2) is 34.0 Å². The number of carbonyl (C=O) groups is 1. The highest BCUT2D eigenvalue weighted by Crippen LogP contribution is 2.37. The minimum Gasteiger partial charge on any atom is -0.508 e. The zero-order valence-corrected chi connectivity index (χ0v) is 15.2. The first-order valence-electron chi connectivity index (χ1n) is 8.98. The lowest BCUT2D eigenvalue weighted by molar-refractivity contribution is -0.167. The number of hydrogen-bond donors (Lipinski definition) is 3. The Bertz CT molecular complexity index is 852. The number of aliphatic carboxylic acids is 1. The molecule has 5 heteroatoms. The van der Waals surface area contributed by atoms with Crippen molar-refractivity contribution in [1.29, 1.82) is 0 Å². The summed E-state index contributed by atoms with van der Waals surface area (Å²) in [7, 11) is 0. The monoisotopic (exact) mass is 378 g/mol. The molecule has 0 fully saturated rings. The summed E-state index contributed by atoms with van der Waals surface area (Å²) < 4.78 is 6.17. The Morgan fingerprint density at radius 3 is 1.82 bits per heavy atom. The van der Waals surface area contributed by atoms with E-state index in [2.05, 4.69) is 0 Å². The molecular formula is C23H22O5. The fourth-order valence-corrected chi connectivity index (χ4v) is 3.27. The first-order valence-corrected chi connectivity index (χ1v) is 8.98. The summed E-state index contributed by atoms with van der Waals surface area (Å²) in [6.45, 7) is 0.179. The Balaban J connectivity index is 1.99. The van der Waals surface area contributed by atoms with Crippen LogP contribution >= 0.6 is 0 Å². The maximum Gasteiger partial charge on any atom is 0.336 e. The highest BCUT2D eigenvalue weighted by Gasteiger charge is 2.46. The van der Waals surface area contributed by atoms with E-state index in [1.165, 1.54) is 0 Å². The molecular weight excluding hydrogens is 356 g/mol. The molecule has 0 aromatic heterocycles. The Morgan fingerprint density at radius 1 is 0.857 bits per heavy atom. The normalized spacial score (nSPS) is 12.5. The van der Waals surface area contributed by atoms with Gasteiger partial charge in [0.05, 0.1) is 6.61 Å². The molecule has 3 N–H and O–H groups in total. The molecule has 0 amide bonds. The lowest BCUT2D eigenvalue weighted by Gasteiger charge is -2.37. The number of aromatic hydroxyl groups is 1. The van der Waals surface area contributed by atoms with Gasteiger partial charge in [0.2, 0.25) is 0 Å². The van der Waals surface area contributed by atoms with Crippen molar-refractivity contribution in [2.45, 2.75) is 18.1 Å². The molecule has 0 saturated heterocycles. The standard InChI is InChI=1S/C23H22O5/c24-20-13-11-17(12-14-20)15-16-28-23(21(25)22(26)27,18-7-3-1-4-8-18)19-9-5-2-6-10-19/h1-14,21,24-25H,15-16H2,(H,26,27). The summed E-state index contributed by atoms with van der Waals surface area (Å²) in [5, 5.41) is 29.8. The summed E-state index contributed by atoms with van der Waals surface area (Å²) >= 11 is 0. The van der Waals surface area contributed by atoms with Crippen molar-refractivity contribution in [2.24, 2.45) is 0 Å². The number of hydrogen-bond acceptors (Lipinski definition) is 4. The minimum absolute atomic E-state index is 0.175. The fraction of sp³-hybridized carbons (Fsp3) is 0.174. The number of carboxylic acids is 1. The maximum atomic E-state index is 11.8. The predicted molar refractivity (Wildman–Crippen MR) is 105 cm³/mol. The molecule has 0 aliphatic rings. The van der Waals surface area contributed by atoms with Crippen LogP contribution in [0.5, 0.6) is 5.75 Å². The summed E-state index contributed by atoms with van der Waals surface area (Å²) in [6, 6.07) is 24.5. The zero-order chi connectivity index (χ0) is 20.0. The maximum absolute atomic E-state index is 11.8. The average molecular weight is 378 g/mol. The summed E-state index contributed by atoms with van der Waals surface area (Å²) in [4.78, 5) is 11.8. The molecule has 0 heterocycles. The van der Waals surface area contributed by atoms with Crippen molar-refractivity contribution >= 4 is 5.97 Å². The van der Waals surface area contributed by atoms with Crippen molar-refractivity contribution in [1.82, 2.24) is 0 Å². The van der Waals surface area contributed by atoms with E-state index in [1.54, 1.807) is 72.8 Å². The second-order valence-electron chi connectivity index (χ2n) is 6.47. The molecule has 5 nitrogen and oxygen atoms in total. The van der Waals surface area contributed by atoms with Crippen molar-refractivity contribution in [3.05, 3.63) is 102 Å². The van der Waals surface area contributed by atoms with Gasteiger partial charge in [-0.1, -0.05) is 72.8 Å². The van der Waals surface area contributed by atoms with Gasteiger partial charge in [0, 0.05) is 0 Å². The van der Waals surface area contributed by atoms with E-state index >= 15 is 0 Å². The second kappa shape index (κ2) is 8.69. The van der Waals surface area contributed by atoms with Gasteiger partial charge in [-0.05, 0) is 35.2 Å². The molecule has 0 spiro atoms. The number of aliphatic hydroxyl groups excluding tert-OH is 1. The lowest BCUT2D eigenvalue weighted by atomic mass is 9.81. The molecule has 3 aromatic carbocycles. The minimum atomic E-state index is -1.79. The number of ether oxygens (including phenoxy) is 1. The Morgan fingerprint density at radius 2 is 1.36 bits per heavy atom. The second-order valence-corrected chi connectivity index (χ2v) is 6.47. The van der Waals surface area contributed by atoms with Crippen LogP contribution in [0.25, 0.3) is 0 Å². The SMILES string of the molecule is O=C(O)C(O)C(OCCc1ccc(O)cc1)(c1ccccc1)c1ccccc1. The van der Waals surface area contributed by atoms with E-state index in [9.17, 15) is 20.1 Å². The number of phenols is 1. The van der Waals surface area contributed by atoms with Gasteiger partial charge in [0.1, 0.15) is 5.75 Å². The molecule has 0 aliphatic heterocycles. The molecule has 1 atom stereocenters. The first-order chi connectivity index (χ1) is 13.5. The third-order valence-corrected chi connectivity index (χ3v) is 4.68. The van der Waals surface area contributed by atoms with Crippen LogP contribution in [0.4, 0.5) is 0 Å². The molecule has 0 radical (unpaired) electrons. The molecule has 1 unspecified atom stereocenters. The molecule has 0 bridgehead atoms. The molecule has 0 saturated carbocycles. The van der Waals surface area contributed by atoms with E-state index < -0.39 is 17.7 Å². The smallest absolute Gasteiger partial charge is 0.336 e. The van der Waals surface area contributed by atoms with Crippen LogP contribution in [0.3, 0.4) is 0 Å². The first kappa shape index (κ1) is 19.6. The van der Waals surface area contributed by atoms with Crippen molar-refractivity contribution in [3.8, 4) is 5.75 Å². The predicted octanol–water partition coefficient (Wildman–Crippen LogP) is 3.34. The fourth-order valence-electron chi connectivity index (χ4n) is 3.27. The average Bonchev–Trinajstić information content (AvgIpc) is 2.73. The van der Waals surface area contributed by atoms with Gasteiger partial charge in [-0.15, -0.1) is 0 Å². The van der Waals surface area contributed by atoms with Gasteiger partial charge < -0.3 is 20.1 Å². The van der Waals surface area contributed by atoms with E-state index in [0.717, 1.165) is 5.56 Å². The summed E-state index contributed by atoms with van der Waals surface area (Å²) in [5.41, 5.74) is 0.492.